The van der Waals surface area contributed by atoms with Crippen LogP contribution in [0, 0.1) is 11.8 Å². The number of benzene rings is 1. The van der Waals surface area contributed by atoms with Gasteiger partial charge in [0.1, 0.15) is 0 Å². The Labute approximate surface area is 126 Å². The molecular formula is C15H20N2O3S. The van der Waals surface area contributed by atoms with E-state index in [9.17, 15) is 8.42 Å². The van der Waals surface area contributed by atoms with E-state index < -0.39 is 10.0 Å². The van der Waals surface area contributed by atoms with Crippen LogP contribution in [0.4, 0.5) is 0 Å². The van der Waals surface area contributed by atoms with Crippen LogP contribution >= 0.6 is 0 Å². The summed E-state index contributed by atoms with van der Waals surface area (Å²) in [5, 5.41) is 0. The maximum absolute atomic E-state index is 12.8. The fourth-order valence-corrected chi connectivity index (χ4v) is 3.90. The highest BCUT2D eigenvalue weighted by Gasteiger charge is 2.30. The molecule has 1 fully saturated rings. The SMILES string of the molecule is CN(C1CCOCC1)S(=O)(=O)c1ccccc1C#CCN. The van der Waals surface area contributed by atoms with Crippen LogP contribution in [0.2, 0.25) is 0 Å². The molecule has 0 unspecified atom stereocenters. The van der Waals surface area contributed by atoms with E-state index in [0.717, 1.165) is 0 Å². The zero-order valence-corrected chi connectivity index (χ0v) is 12.9. The standard InChI is InChI=1S/C15H20N2O3S/c1-17(14-8-11-20-12-9-14)21(18,19)15-7-3-2-5-13(15)6-4-10-16/h2-3,5,7,14H,8-12,16H2,1H3. The third kappa shape index (κ3) is 3.63. The highest BCUT2D eigenvalue weighted by molar-refractivity contribution is 7.89. The van der Waals surface area contributed by atoms with Gasteiger partial charge in [0.25, 0.3) is 0 Å². The molecule has 6 heteroatoms. The van der Waals surface area contributed by atoms with Crippen LogP contribution in [0.5, 0.6) is 0 Å². The summed E-state index contributed by atoms with van der Waals surface area (Å²) in [6, 6.07) is 6.74. The lowest BCUT2D eigenvalue weighted by molar-refractivity contribution is 0.0632. The van der Waals surface area contributed by atoms with Crippen molar-refractivity contribution in [3.05, 3.63) is 29.8 Å². The van der Waals surface area contributed by atoms with E-state index in [0.29, 0.717) is 31.6 Å². The molecule has 0 amide bonds. The Kier molecular flexibility index (Phi) is 5.37. The fraction of sp³-hybridized carbons (Fsp3) is 0.467. The lowest BCUT2D eigenvalue weighted by atomic mass is 10.1. The summed E-state index contributed by atoms with van der Waals surface area (Å²) >= 11 is 0. The smallest absolute Gasteiger partial charge is 0.244 e. The van der Waals surface area contributed by atoms with Crippen molar-refractivity contribution >= 4 is 10.0 Å². The van der Waals surface area contributed by atoms with E-state index in [1.807, 2.05) is 0 Å². The van der Waals surface area contributed by atoms with Gasteiger partial charge in [-0.05, 0) is 25.0 Å². The maximum atomic E-state index is 12.8. The highest BCUT2D eigenvalue weighted by Crippen LogP contribution is 2.23. The molecule has 1 aromatic carbocycles. The van der Waals surface area contributed by atoms with Crippen LogP contribution in [0.1, 0.15) is 18.4 Å². The summed E-state index contributed by atoms with van der Waals surface area (Å²) in [6.45, 7) is 1.39. The number of rotatable bonds is 3. The van der Waals surface area contributed by atoms with Crippen LogP contribution in [0.15, 0.2) is 29.2 Å². The second kappa shape index (κ2) is 7.05. The van der Waals surface area contributed by atoms with Crippen LogP contribution in [0.25, 0.3) is 0 Å². The molecule has 0 radical (unpaired) electrons. The zero-order chi connectivity index (χ0) is 15.3. The molecule has 5 nitrogen and oxygen atoms in total. The largest absolute Gasteiger partial charge is 0.381 e. The number of hydrogen-bond acceptors (Lipinski definition) is 4. The molecular weight excluding hydrogens is 288 g/mol. The highest BCUT2D eigenvalue weighted by atomic mass is 32.2. The Morgan fingerprint density at radius 3 is 2.67 bits per heavy atom. The molecule has 2 rings (SSSR count). The van der Waals surface area contributed by atoms with Gasteiger partial charge in [-0.2, -0.15) is 4.31 Å². The second-order valence-corrected chi connectivity index (χ2v) is 6.83. The predicted octanol–water partition coefficient (Wildman–Crippen LogP) is 0.796. The first-order valence-corrected chi connectivity index (χ1v) is 8.35. The van der Waals surface area contributed by atoms with Gasteiger partial charge >= 0.3 is 0 Å². The van der Waals surface area contributed by atoms with E-state index in [1.54, 1.807) is 31.3 Å². The van der Waals surface area contributed by atoms with E-state index in [-0.39, 0.29) is 17.5 Å². The van der Waals surface area contributed by atoms with Crippen molar-refractivity contribution in [2.24, 2.45) is 5.73 Å². The Balaban J connectivity index is 2.34. The van der Waals surface area contributed by atoms with Crippen molar-refractivity contribution in [2.45, 2.75) is 23.8 Å². The number of ether oxygens (including phenoxy) is 1. The van der Waals surface area contributed by atoms with Gasteiger partial charge in [0.05, 0.1) is 11.4 Å². The summed E-state index contributed by atoms with van der Waals surface area (Å²) in [7, 11) is -1.94. The molecule has 21 heavy (non-hydrogen) atoms. The monoisotopic (exact) mass is 308 g/mol. The van der Waals surface area contributed by atoms with Gasteiger partial charge < -0.3 is 10.5 Å². The van der Waals surface area contributed by atoms with Gasteiger partial charge in [-0.3, -0.25) is 0 Å². The minimum Gasteiger partial charge on any atom is -0.381 e. The molecule has 114 valence electrons. The van der Waals surface area contributed by atoms with Crippen LogP contribution in [-0.4, -0.2) is 45.6 Å². The van der Waals surface area contributed by atoms with Crippen molar-refractivity contribution in [1.82, 2.24) is 4.31 Å². The van der Waals surface area contributed by atoms with Crippen LogP contribution < -0.4 is 5.73 Å². The first kappa shape index (κ1) is 16.0. The summed E-state index contributed by atoms with van der Waals surface area (Å²) in [6.07, 6.45) is 1.43. The third-order valence-electron chi connectivity index (χ3n) is 3.57. The summed E-state index contributed by atoms with van der Waals surface area (Å²) in [5.74, 6) is 5.54. The number of nitrogens with zero attached hydrogens (tertiary/aromatic N) is 1. The molecule has 0 spiro atoms. The van der Waals surface area contributed by atoms with E-state index in [1.165, 1.54) is 4.31 Å². The lowest BCUT2D eigenvalue weighted by Crippen LogP contribution is -2.40. The number of hydrogen-bond donors (Lipinski definition) is 1. The zero-order valence-electron chi connectivity index (χ0n) is 12.1. The first-order valence-electron chi connectivity index (χ1n) is 6.91. The summed E-state index contributed by atoms with van der Waals surface area (Å²) in [5.41, 5.74) is 5.85. The van der Waals surface area contributed by atoms with Crippen molar-refractivity contribution in [3.63, 3.8) is 0 Å². The Hall–Kier alpha value is -1.39. The molecule has 0 saturated carbocycles. The fourth-order valence-electron chi connectivity index (χ4n) is 2.34. The Morgan fingerprint density at radius 1 is 1.33 bits per heavy atom. The number of sulfonamides is 1. The quantitative estimate of drug-likeness (QED) is 0.838. The van der Waals surface area contributed by atoms with Crippen molar-refractivity contribution < 1.29 is 13.2 Å². The average Bonchev–Trinajstić information content (AvgIpc) is 2.53. The van der Waals surface area contributed by atoms with Gasteiger partial charge in [0.15, 0.2) is 0 Å². The molecule has 1 aliphatic heterocycles. The van der Waals surface area contributed by atoms with Gasteiger partial charge in [0, 0.05) is 31.9 Å². The average molecular weight is 308 g/mol. The normalized spacial score (nSPS) is 16.5. The minimum atomic E-state index is -3.57. The topological polar surface area (TPSA) is 72.6 Å². The van der Waals surface area contributed by atoms with E-state index in [4.69, 9.17) is 10.5 Å². The lowest BCUT2D eigenvalue weighted by Gasteiger charge is -2.30. The molecule has 0 bridgehead atoms. The summed E-state index contributed by atoms with van der Waals surface area (Å²) < 4.78 is 32.3. The minimum absolute atomic E-state index is 0.0285. The summed E-state index contributed by atoms with van der Waals surface area (Å²) in [4.78, 5) is 0.236. The molecule has 0 aromatic heterocycles. The van der Waals surface area contributed by atoms with E-state index >= 15 is 0 Å². The van der Waals surface area contributed by atoms with Crippen molar-refractivity contribution in [1.29, 1.82) is 0 Å². The van der Waals surface area contributed by atoms with E-state index in [2.05, 4.69) is 11.8 Å². The Morgan fingerprint density at radius 2 is 2.00 bits per heavy atom. The first-order chi connectivity index (χ1) is 10.1. The molecule has 1 saturated heterocycles. The van der Waals surface area contributed by atoms with Gasteiger partial charge in [-0.1, -0.05) is 24.0 Å². The third-order valence-corrected chi connectivity index (χ3v) is 5.54. The van der Waals surface area contributed by atoms with Crippen molar-refractivity contribution in [2.75, 3.05) is 26.8 Å². The molecule has 2 N–H and O–H groups in total. The van der Waals surface area contributed by atoms with Crippen LogP contribution in [0.3, 0.4) is 0 Å². The van der Waals surface area contributed by atoms with Crippen LogP contribution in [-0.2, 0) is 14.8 Å². The van der Waals surface area contributed by atoms with Gasteiger partial charge in [-0.15, -0.1) is 0 Å². The van der Waals surface area contributed by atoms with Gasteiger partial charge in [-0.25, -0.2) is 8.42 Å². The molecule has 0 atom stereocenters. The second-order valence-electron chi connectivity index (χ2n) is 4.87. The van der Waals surface area contributed by atoms with Crippen molar-refractivity contribution in [3.8, 4) is 11.8 Å². The molecule has 1 aliphatic rings. The molecule has 1 aromatic rings. The number of nitrogens with two attached hydrogens (primary N) is 1. The van der Waals surface area contributed by atoms with Gasteiger partial charge in [0.2, 0.25) is 10.0 Å². The maximum Gasteiger partial charge on any atom is 0.244 e. The molecule has 1 heterocycles. The predicted molar refractivity (Wildman–Crippen MR) is 81.2 cm³/mol. The molecule has 0 aliphatic carbocycles. The Bertz CT molecular complexity index is 640.